The Hall–Kier alpha value is -2.45. The van der Waals surface area contributed by atoms with Crippen LogP contribution in [0.3, 0.4) is 0 Å². The Labute approximate surface area is 193 Å². The van der Waals surface area contributed by atoms with E-state index in [1.54, 1.807) is 13.8 Å². The van der Waals surface area contributed by atoms with Crippen LogP contribution in [-0.2, 0) is 10.9 Å². The first-order valence-electron chi connectivity index (χ1n) is 10.9. The summed E-state index contributed by atoms with van der Waals surface area (Å²) in [5.74, 6) is -0.992. The lowest BCUT2D eigenvalue weighted by Gasteiger charge is -2.52. The monoisotopic (exact) mass is 487 g/mol. The normalized spacial score (nSPS) is 37.9. The number of esters is 1. The number of nitrogens with two attached hydrogens (primary N) is 1. The first-order chi connectivity index (χ1) is 15.8. The van der Waals surface area contributed by atoms with E-state index in [9.17, 15) is 33.4 Å². The SMILES string of the molecule is CC[C@H]1[C@H](OC(=O)c2ccc(C(F)(F)F)cc2)[C@](C)(O)C23C(NC(C)N2O)C(CO)N=C(N)N13. The molecule has 0 bridgehead atoms. The minimum Gasteiger partial charge on any atom is -0.453 e. The van der Waals surface area contributed by atoms with Crippen molar-refractivity contribution in [3.8, 4) is 0 Å². The first kappa shape index (κ1) is 24.7. The van der Waals surface area contributed by atoms with Crippen LogP contribution in [-0.4, -0.2) is 85.6 Å². The molecule has 1 aromatic carbocycles. The van der Waals surface area contributed by atoms with Crippen molar-refractivity contribution in [2.24, 2.45) is 10.7 Å². The molecular formula is C21H28F3N5O5. The van der Waals surface area contributed by atoms with E-state index in [1.807, 2.05) is 0 Å². The number of halogens is 3. The van der Waals surface area contributed by atoms with Gasteiger partial charge in [0.2, 0.25) is 0 Å². The molecule has 3 aliphatic rings. The molecule has 10 nitrogen and oxygen atoms in total. The van der Waals surface area contributed by atoms with Gasteiger partial charge < -0.3 is 30.8 Å². The molecule has 34 heavy (non-hydrogen) atoms. The molecule has 13 heteroatoms. The number of aliphatic hydroxyl groups excluding tert-OH is 1. The van der Waals surface area contributed by atoms with Gasteiger partial charge in [0, 0.05) is 0 Å². The lowest BCUT2D eigenvalue weighted by atomic mass is 9.79. The van der Waals surface area contributed by atoms with Gasteiger partial charge in [-0.3, -0.25) is 5.32 Å². The smallest absolute Gasteiger partial charge is 0.416 e. The number of nitrogens with one attached hydrogen (secondary N) is 1. The van der Waals surface area contributed by atoms with E-state index < -0.39 is 66.0 Å². The number of nitrogens with zero attached hydrogens (tertiary/aromatic N) is 3. The molecule has 0 aromatic heterocycles. The van der Waals surface area contributed by atoms with Crippen molar-refractivity contribution in [2.45, 2.75) is 75.0 Å². The highest BCUT2D eigenvalue weighted by atomic mass is 19.4. The zero-order valence-corrected chi connectivity index (χ0v) is 18.8. The topological polar surface area (TPSA) is 144 Å². The number of hydrogen-bond acceptors (Lipinski definition) is 10. The molecular weight excluding hydrogens is 459 g/mol. The van der Waals surface area contributed by atoms with Crippen LogP contribution >= 0.6 is 0 Å². The summed E-state index contributed by atoms with van der Waals surface area (Å²) in [5, 5.41) is 36.9. The molecule has 0 saturated carbocycles. The van der Waals surface area contributed by atoms with Gasteiger partial charge in [0.25, 0.3) is 0 Å². The Kier molecular flexibility index (Phi) is 5.84. The molecule has 0 amide bonds. The maximum Gasteiger partial charge on any atom is 0.416 e. The average Bonchev–Trinajstić information content (AvgIpc) is 3.16. The highest BCUT2D eigenvalue weighted by molar-refractivity contribution is 5.90. The molecule has 7 atom stereocenters. The second-order valence-electron chi connectivity index (χ2n) is 9.02. The lowest BCUT2D eigenvalue weighted by Crippen LogP contribution is -2.77. The third kappa shape index (κ3) is 3.22. The summed E-state index contributed by atoms with van der Waals surface area (Å²) in [7, 11) is 0. The maximum absolute atomic E-state index is 12.9. The third-order valence-electron chi connectivity index (χ3n) is 7.13. The lowest BCUT2D eigenvalue weighted by molar-refractivity contribution is -0.265. The van der Waals surface area contributed by atoms with Gasteiger partial charge in [0.1, 0.15) is 5.60 Å². The summed E-state index contributed by atoms with van der Waals surface area (Å²) >= 11 is 0. The Morgan fingerprint density at radius 2 is 1.94 bits per heavy atom. The number of carbonyl (C=O) groups excluding carboxylic acids is 1. The maximum atomic E-state index is 12.9. The quantitative estimate of drug-likeness (QED) is 0.383. The van der Waals surface area contributed by atoms with Gasteiger partial charge in [0.05, 0.1) is 42.0 Å². The zero-order chi connectivity index (χ0) is 25.2. The minimum absolute atomic E-state index is 0.0505. The van der Waals surface area contributed by atoms with Gasteiger partial charge in [-0.2, -0.15) is 13.2 Å². The number of ether oxygens (including phenoxy) is 1. The summed E-state index contributed by atoms with van der Waals surface area (Å²) in [4.78, 5) is 18.8. The fraction of sp³-hybridized carbons (Fsp3) is 0.619. The fourth-order valence-electron chi connectivity index (χ4n) is 5.65. The molecule has 0 aliphatic carbocycles. The summed E-state index contributed by atoms with van der Waals surface area (Å²) in [5.41, 5.74) is 1.60. The van der Waals surface area contributed by atoms with E-state index in [0.29, 0.717) is 6.42 Å². The molecule has 2 saturated heterocycles. The Morgan fingerprint density at radius 1 is 1.32 bits per heavy atom. The molecule has 3 heterocycles. The van der Waals surface area contributed by atoms with Crippen LogP contribution in [0.5, 0.6) is 0 Å². The summed E-state index contributed by atoms with van der Waals surface area (Å²) in [6, 6.07) is 1.22. The standard InChI is InChI=1S/C21H28F3N5O5/c1-4-14-16(34-17(31)11-5-7-12(8-6-11)21(22,23)24)19(3,32)20-15(26-10(2)29(20)33)13(9-30)27-18(25)28(14)20/h5-8,10,13-16,26,30,32-33H,4,9H2,1-3H3,(H2,25,27)/t10?,13?,14-,15?,16-,19-,20?/m0/s1. The minimum atomic E-state index is -4.56. The molecule has 3 aliphatic heterocycles. The van der Waals surface area contributed by atoms with E-state index >= 15 is 0 Å². The van der Waals surface area contributed by atoms with Gasteiger partial charge in [0.15, 0.2) is 17.7 Å². The second kappa shape index (κ2) is 8.05. The first-order valence-corrected chi connectivity index (χ1v) is 10.9. The van der Waals surface area contributed by atoms with Crippen LogP contribution < -0.4 is 11.1 Å². The summed E-state index contributed by atoms with van der Waals surface area (Å²) in [6.07, 6.45) is -6.16. The van der Waals surface area contributed by atoms with Crippen LogP contribution in [0.1, 0.15) is 43.1 Å². The van der Waals surface area contributed by atoms with Crippen LogP contribution in [0.2, 0.25) is 0 Å². The van der Waals surface area contributed by atoms with Gasteiger partial charge in [-0.05, 0) is 44.5 Å². The predicted molar refractivity (Wildman–Crippen MR) is 112 cm³/mol. The Bertz CT molecular complexity index is 988. The number of hydroxylamine groups is 2. The van der Waals surface area contributed by atoms with E-state index in [1.165, 1.54) is 11.8 Å². The molecule has 4 unspecified atom stereocenters. The van der Waals surface area contributed by atoms with Gasteiger partial charge >= 0.3 is 12.1 Å². The highest BCUT2D eigenvalue weighted by Gasteiger charge is 2.78. The molecule has 4 rings (SSSR count). The van der Waals surface area contributed by atoms with E-state index in [2.05, 4.69) is 10.3 Å². The Morgan fingerprint density at radius 3 is 2.47 bits per heavy atom. The summed E-state index contributed by atoms with van der Waals surface area (Å²) in [6.45, 7) is 4.39. The number of aliphatic hydroxyl groups is 2. The molecule has 1 aromatic rings. The number of hydrogen-bond donors (Lipinski definition) is 5. The van der Waals surface area contributed by atoms with Crippen molar-refractivity contribution >= 4 is 11.9 Å². The molecule has 1 spiro atoms. The van der Waals surface area contributed by atoms with Crippen molar-refractivity contribution in [3.63, 3.8) is 0 Å². The fourth-order valence-corrected chi connectivity index (χ4v) is 5.65. The average molecular weight is 487 g/mol. The van der Waals surface area contributed by atoms with Crippen LogP contribution in [0.4, 0.5) is 13.2 Å². The number of carbonyl (C=O) groups is 1. The van der Waals surface area contributed by atoms with Gasteiger partial charge in [-0.1, -0.05) is 6.92 Å². The van der Waals surface area contributed by atoms with Gasteiger partial charge in [-0.15, -0.1) is 5.06 Å². The van der Waals surface area contributed by atoms with E-state index in [-0.39, 0.29) is 11.5 Å². The number of aliphatic imine (C=N–C) groups is 1. The van der Waals surface area contributed by atoms with Crippen LogP contribution in [0.15, 0.2) is 29.3 Å². The third-order valence-corrected chi connectivity index (χ3v) is 7.13. The van der Waals surface area contributed by atoms with E-state index in [0.717, 1.165) is 29.3 Å². The van der Waals surface area contributed by atoms with E-state index in [4.69, 9.17) is 10.5 Å². The largest absolute Gasteiger partial charge is 0.453 e. The Balaban J connectivity index is 1.74. The number of guanidine groups is 1. The number of benzene rings is 1. The molecule has 0 radical (unpaired) electrons. The van der Waals surface area contributed by atoms with Crippen LogP contribution in [0, 0.1) is 0 Å². The molecule has 188 valence electrons. The van der Waals surface area contributed by atoms with Crippen molar-refractivity contribution in [3.05, 3.63) is 35.4 Å². The predicted octanol–water partition coefficient (Wildman–Crippen LogP) is 0.471. The second-order valence-corrected chi connectivity index (χ2v) is 9.02. The number of rotatable bonds is 4. The molecule has 2 fully saturated rings. The highest BCUT2D eigenvalue weighted by Crippen LogP contribution is 2.53. The van der Waals surface area contributed by atoms with Gasteiger partial charge in [-0.25, -0.2) is 9.79 Å². The van der Waals surface area contributed by atoms with Crippen molar-refractivity contribution in [1.82, 2.24) is 15.3 Å². The van der Waals surface area contributed by atoms with Crippen molar-refractivity contribution < 1.29 is 38.1 Å². The molecule has 6 N–H and O–H groups in total. The van der Waals surface area contributed by atoms with Crippen molar-refractivity contribution in [1.29, 1.82) is 0 Å². The zero-order valence-electron chi connectivity index (χ0n) is 18.8. The number of alkyl halides is 3. The van der Waals surface area contributed by atoms with Crippen molar-refractivity contribution in [2.75, 3.05) is 6.61 Å². The van der Waals surface area contributed by atoms with Crippen LogP contribution in [0.25, 0.3) is 0 Å². The summed E-state index contributed by atoms with van der Waals surface area (Å²) < 4.78 is 44.3.